The standard InChI is InChI=1S/C18H22ClN3O5/c1-11(15(23)21-18(26)20-2)27-17(25)13-7-9-22(10-8-13)16(24)12-3-5-14(19)6-4-12/h3-6,11,13H,7-10H2,1-2H3,(H2,20,21,23,26)/t11-/m0/s1. The molecule has 1 heterocycles. The number of imide groups is 1. The summed E-state index contributed by atoms with van der Waals surface area (Å²) in [6, 6.07) is 5.97. The van der Waals surface area contributed by atoms with E-state index in [1.54, 1.807) is 29.2 Å². The number of esters is 1. The lowest BCUT2D eigenvalue weighted by Gasteiger charge is -2.31. The zero-order valence-corrected chi connectivity index (χ0v) is 15.9. The topological polar surface area (TPSA) is 105 Å². The van der Waals surface area contributed by atoms with Gasteiger partial charge in [0, 0.05) is 30.7 Å². The van der Waals surface area contributed by atoms with Crippen molar-refractivity contribution in [3.8, 4) is 0 Å². The molecule has 1 aromatic carbocycles. The van der Waals surface area contributed by atoms with Gasteiger partial charge in [-0.15, -0.1) is 0 Å². The lowest BCUT2D eigenvalue weighted by atomic mass is 9.96. The van der Waals surface area contributed by atoms with Crippen LogP contribution in [0, 0.1) is 5.92 Å². The molecule has 1 saturated heterocycles. The zero-order valence-electron chi connectivity index (χ0n) is 15.2. The van der Waals surface area contributed by atoms with Gasteiger partial charge in [-0.1, -0.05) is 11.6 Å². The summed E-state index contributed by atoms with van der Waals surface area (Å²) in [5.41, 5.74) is 0.542. The lowest BCUT2D eigenvalue weighted by molar-refractivity contribution is -0.159. The zero-order chi connectivity index (χ0) is 20.0. The van der Waals surface area contributed by atoms with Gasteiger partial charge in [0.1, 0.15) is 0 Å². The van der Waals surface area contributed by atoms with Crippen molar-refractivity contribution in [1.82, 2.24) is 15.5 Å². The van der Waals surface area contributed by atoms with Gasteiger partial charge in [-0.2, -0.15) is 0 Å². The predicted molar refractivity (Wildman–Crippen MR) is 98.2 cm³/mol. The molecule has 1 aliphatic rings. The quantitative estimate of drug-likeness (QED) is 0.753. The maximum absolute atomic E-state index is 12.5. The van der Waals surface area contributed by atoms with Crippen LogP contribution in [0.1, 0.15) is 30.1 Å². The van der Waals surface area contributed by atoms with E-state index in [-0.39, 0.29) is 5.91 Å². The van der Waals surface area contributed by atoms with Gasteiger partial charge in [0.15, 0.2) is 6.10 Å². The molecule has 0 radical (unpaired) electrons. The van der Waals surface area contributed by atoms with Crippen LogP contribution in [0.2, 0.25) is 5.02 Å². The smallest absolute Gasteiger partial charge is 0.321 e. The number of amides is 4. The van der Waals surface area contributed by atoms with E-state index in [9.17, 15) is 19.2 Å². The molecule has 1 aliphatic heterocycles. The molecular formula is C18H22ClN3O5. The number of hydrogen-bond acceptors (Lipinski definition) is 5. The summed E-state index contributed by atoms with van der Waals surface area (Å²) in [6.45, 7) is 2.23. The van der Waals surface area contributed by atoms with E-state index in [2.05, 4.69) is 10.6 Å². The van der Waals surface area contributed by atoms with E-state index in [1.807, 2.05) is 0 Å². The lowest BCUT2D eigenvalue weighted by Crippen LogP contribution is -2.45. The third-order valence-electron chi connectivity index (χ3n) is 4.33. The predicted octanol–water partition coefficient (Wildman–Crippen LogP) is 1.58. The van der Waals surface area contributed by atoms with Crippen LogP contribution in [0.4, 0.5) is 4.79 Å². The van der Waals surface area contributed by atoms with Crippen molar-refractivity contribution in [3.63, 3.8) is 0 Å². The number of piperidine rings is 1. The number of benzene rings is 1. The average molecular weight is 396 g/mol. The van der Waals surface area contributed by atoms with Crippen molar-refractivity contribution < 1.29 is 23.9 Å². The number of halogens is 1. The van der Waals surface area contributed by atoms with E-state index in [4.69, 9.17) is 16.3 Å². The Kier molecular flexibility index (Phi) is 7.18. The molecule has 4 amide bonds. The summed E-state index contributed by atoms with van der Waals surface area (Å²) in [5.74, 6) is -1.71. The van der Waals surface area contributed by atoms with Gasteiger partial charge in [-0.25, -0.2) is 4.79 Å². The Hall–Kier alpha value is -2.61. The maximum atomic E-state index is 12.5. The number of carbonyl (C=O) groups excluding carboxylic acids is 4. The van der Waals surface area contributed by atoms with Gasteiger partial charge >= 0.3 is 12.0 Å². The molecule has 0 unspecified atom stereocenters. The Morgan fingerprint density at radius 3 is 2.30 bits per heavy atom. The Balaban J connectivity index is 1.83. The summed E-state index contributed by atoms with van der Waals surface area (Å²) in [7, 11) is 1.37. The molecule has 8 nitrogen and oxygen atoms in total. The number of rotatable bonds is 4. The number of urea groups is 1. The molecule has 2 N–H and O–H groups in total. The number of nitrogens with zero attached hydrogens (tertiary/aromatic N) is 1. The molecule has 0 aliphatic carbocycles. The van der Waals surface area contributed by atoms with Crippen molar-refractivity contribution >= 4 is 35.4 Å². The number of carbonyl (C=O) groups is 4. The first kappa shape index (κ1) is 20.7. The van der Waals surface area contributed by atoms with Crippen LogP contribution in [0.3, 0.4) is 0 Å². The molecule has 146 valence electrons. The Labute approximate surface area is 162 Å². The first-order valence-corrected chi connectivity index (χ1v) is 8.97. The van der Waals surface area contributed by atoms with Crippen molar-refractivity contribution in [2.24, 2.45) is 5.92 Å². The van der Waals surface area contributed by atoms with E-state index in [0.29, 0.717) is 36.5 Å². The normalized spacial score (nSPS) is 15.6. The largest absolute Gasteiger partial charge is 0.452 e. The average Bonchev–Trinajstić information content (AvgIpc) is 2.67. The second-order valence-corrected chi connectivity index (χ2v) is 6.66. The monoisotopic (exact) mass is 395 g/mol. The number of likely N-dealkylation sites (tertiary alicyclic amines) is 1. The van der Waals surface area contributed by atoms with E-state index >= 15 is 0 Å². The Morgan fingerprint density at radius 2 is 1.74 bits per heavy atom. The third-order valence-corrected chi connectivity index (χ3v) is 4.58. The highest BCUT2D eigenvalue weighted by atomic mass is 35.5. The molecule has 0 aromatic heterocycles. The Morgan fingerprint density at radius 1 is 1.15 bits per heavy atom. The van der Waals surface area contributed by atoms with Gasteiger partial charge in [0.25, 0.3) is 11.8 Å². The summed E-state index contributed by atoms with van der Waals surface area (Å²) in [4.78, 5) is 49.2. The van der Waals surface area contributed by atoms with Gasteiger partial charge in [-0.3, -0.25) is 19.7 Å². The highest BCUT2D eigenvalue weighted by molar-refractivity contribution is 6.30. The molecule has 1 atom stereocenters. The van der Waals surface area contributed by atoms with Crippen LogP contribution in [-0.4, -0.2) is 55.0 Å². The second-order valence-electron chi connectivity index (χ2n) is 6.22. The molecular weight excluding hydrogens is 374 g/mol. The fourth-order valence-electron chi connectivity index (χ4n) is 2.69. The van der Waals surface area contributed by atoms with Gasteiger partial charge in [0.2, 0.25) is 0 Å². The van der Waals surface area contributed by atoms with Crippen LogP contribution in [0.5, 0.6) is 0 Å². The SMILES string of the molecule is CNC(=O)NC(=O)[C@H](C)OC(=O)C1CCN(C(=O)c2ccc(Cl)cc2)CC1. The van der Waals surface area contributed by atoms with Crippen LogP contribution in [0.25, 0.3) is 0 Å². The summed E-state index contributed by atoms with van der Waals surface area (Å²) in [5, 5.41) is 4.85. The van der Waals surface area contributed by atoms with E-state index in [0.717, 1.165) is 0 Å². The van der Waals surface area contributed by atoms with Crippen LogP contribution in [0.15, 0.2) is 24.3 Å². The minimum absolute atomic E-state index is 0.114. The van der Waals surface area contributed by atoms with Gasteiger partial charge < -0.3 is 15.0 Å². The van der Waals surface area contributed by atoms with Crippen LogP contribution in [-0.2, 0) is 14.3 Å². The molecule has 1 fully saturated rings. The van der Waals surface area contributed by atoms with Crippen molar-refractivity contribution in [2.45, 2.75) is 25.9 Å². The summed E-state index contributed by atoms with van der Waals surface area (Å²) in [6.07, 6.45) is -0.187. The first-order valence-electron chi connectivity index (χ1n) is 8.59. The molecule has 27 heavy (non-hydrogen) atoms. The van der Waals surface area contributed by atoms with Gasteiger partial charge in [0.05, 0.1) is 5.92 Å². The van der Waals surface area contributed by atoms with Crippen molar-refractivity contribution in [3.05, 3.63) is 34.9 Å². The third kappa shape index (κ3) is 5.68. The number of nitrogens with one attached hydrogen (secondary N) is 2. The van der Waals surface area contributed by atoms with Gasteiger partial charge in [-0.05, 0) is 44.0 Å². The van der Waals surface area contributed by atoms with Crippen molar-refractivity contribution in [1.29, 1.82) is 0 Å². The van der Waals surface area contributed by atoms with Crippen molar-refractivity contribution in [2.75, 3.05) is 20.1 Å². The second kappa shape index (κ2) is 9.36. The minimum Gasteiger partial charge on any atom is -0.452 e. The molecule has 0 spiro atoms. The van der Waals surface area contributed by atoms with Crippen LogP contribution < -0.4 is 10.6 Å². The minimum atomic E-state index is -1.08. The van der Waals surface area contributed by atoms with E-state index in [1.165, 1.54) is 14.0 Å². The highest BCUT2D eigenvalue weighted by Crippen LogP contribution is 2.21. The van der Waals surface area contributed by atoms with Crippen LogP contribution >= 0.6 is 11.6 Å². The molecule has 0 bridgehead atoms. The summed E-state index contributed by atoms with van der Waals surface area (Å²) >= 11 is 5.83. The fourth-order valence-corrected chi connectivity index (χ4v) is 2.82. The first-order chi connectivity index (χ1) is 12.8. The van der Waals surface area contributed by atoms with E-state index < -0.39 is 29.9 Å². The fraction of sp³-hybridized carbons (Fsp3) is 0.444. The molecule has 1 aromatic rings. The molecule has 0 saturated carbocycles. The number of hydrogen-bond donors (Lipinski definition) is 2. The number of ether oxygens (including phenoxy) is 1. The maximum Gasteiger partial charge on any atom is 0.321 e. The molecule has 2 rings (SSSR count). The highest BCUT2D eigenvalue weighted by Gasteiger charge is 2.31. The summed E-state index contributed by atoms with van der Waals surface area (Å²) < 4.78 is 5.14. The molecule has 9 heteroatoms. The Bertz CT molecular complexity index is 714.